The van der Waals surface area contributed by atoms with E-state index in [-0.39, 0.29) is 13.1 Å². The molecule has 1 aliphatic rings. The van der Waals surface area contributed by atoms with Crippen LogP contribution < -0.4 is 4.72 Å². The van der Waals surface area contributed by atoms with E-state index in [9.17, 15) is 13.2 Å². The van der Waals surface area contributed by atoms with Crippen LogP contribution in [0.2, 0.25) is 0 Å². The van der Waals surface area contributed by atoms with Crippen LogP contribution in [-0.2, 0) is 20.5 Å². The number of carboxylic acid groups (broad SMARTS) is 1. The average Bonchev–Trinajstić information content (AvgIpc) is 2.47. The van der Waals surface area contributed by atoms with Gasteiger partial charge < -0.3 is 5.11 Å². The summed E-state index contributed by atoms with van der Waals surface area (Å²) in [6.45, 7) is 4.09. The highest BCUT2D eigenvalue weighted by Gasteiger charge is 2.34. The van der Waals surface area contributed by atoms with Crippen molar-refractivity contribution in [2.45, 2.75) is 32.2 Å². The monoisotopic (exact) mass is 326 g/mol. The highest BCUT2D eigenvalue weighted by molar-refractivity contribution is 7.87. The van der Waals surface area contributed by atoms with Crippen molar-refractivity contribution >= 4 is 16.2 Å². The van der Waals surface area contributed by atoms with E-state index in [2.05, 4.69) is 4.72 Å². The highest BCUT2D eigenvalue weighted by atomic mass is 32.2. The maximum absolute atomic E-state index is 12.5. The maximum Gasteiger partial charge on any atom is 0.306 e. The summed E-state index contributed by atoms with van der Waals surface area (Å²) in [7, 11) is -3.65. The van der Waals surface area contributed by atoms with Crippen molar-refractivity contribution in [1.82, 2.24) is 9.03 Å². The van der Waals surface area contributed by atoms with Gasteiger partial charge in [0.05, 0.1) is 11.5 Å². The summed E-state index contributed by atoms with van der Waals surface area (Å²) in [5.74, 6) is -1.30. The van der Waals surface area contributed by atoms with Gasteiger partial charge >= 0.3 is 5.97 Å². The molecule has 122 valence electrons. The second-order valence-corrected chi connectivity index (χ2v) is 7.78. The summed E-state index contributed by atoms with van der Waals surface area (Å²) in [4.78, 5) is 10.9. The molecule has 0 aromatic heterocycles. The van der Waals surface area contributed by atoms with Crippen LogP contribution in [0.5, 0.6) is 0 Å². The Morgan fingerprint density at radius 3 is 2.27 bits per heavy atom. The van der Waals surface area contributed by atoms with Gasteiger partial charge in [-0.15, -0.1) is 0 Å². The van der Waals surface area contributed by atoms with Crippen molar-refractivity contribution in [2.75, 3.05) is 13.1 Å². The molecular formula is C15H22N2O4S. The largest absolute Gasteiger partial charge is 0.481 e. The molecule has 0 bridgehead atoms. The SMILES string of the molecule is CC(C)(NS(=O)(=O)N1CCC(C(=O)O)CC1)c1ccccc1. The third-order valence-corrected chi connectivity index (χ3v) is 5.84. The molecule has 6 nitrogen and oxygen atoms in total. The summed E-state index contributed by atoms with van der Waals surface area (Å²) in [5.41, 5.74) is 0.142. The highest BCUT2D eigenvalue weighted by Crippen LogP contribution is 2.24. The van der Waals surface area contributed by atoms with Gasteiger partial charge in [-0.05, 0) is 32.3 Å². The van der Waals surface area contributed by atoms with E-state index in [0.717, 1.165) is 5.56 Å². The molecule has 1 aromatic carbocycles. The topological polar surface area (TPSA) is 86.7 Å². The van der Waals surface area contributed by atoms with Crippen LogP contribution in [0.4, 0.5) is 0 Å². The molecule has 0 amide bonds. The molecule has 2 rings (SSSR count). The lowest BCUT2D eigenvalue weighted by Crippen LogP contribution is -2.51. The molecule has 0 radical (unpaired) electrons. The molecule has 2 N–H and O–H groups in total. The van der Waals surface area contributed by atoms with Crippen LogP contribution in [0.1, 0.15) is 32.3 Å². The Morgan fingerprint density at radius 1 is 1.23 bits per heavy atom. The third kappa shape index (κ3) is 3.85. The van der Waals surface area contributed by atoms with Crippen LogP contribution in [-0.4, -0.2) is 36.9 Å². The number of benzene rings is 1. The summed E-state index contributed by atoms with van der Waals surface area (Å²) in [6.07, 6.45) is 0.698. The molecule has 7 heteroatoms. The lowest BCUT2D eigenvalue weighted by molar-refractivity contribution is -0.142. The van der Waals surface area contributed by atoms with Gasteiger partial charge in [0.25, 0.3) is 10.2 Å². The van der Waals surface area contributed by atoms with Gasteiger partial charge in [0, 0.05) is 13.1 Å². The fraction of sp³-hybridized carbons (Fsp3) is 0.533. The van der Waals surface area contributed by atoms with E-state index in [1.165, 1.54) is 4.31 Å². The molecular weight excluding hydrogens is 304 g/mol. The summed E-state index contributed by atoms with van der Waals surface area (Å²) >= 11 is 0. The van der Waals surface area contributed by atoms with Crippen LogP contribution in [0.15, 0.2) is 30.3 Å². The first kappa shape index (κ1) is 16.9. The second-order valence-electron chi connectivity index (χ2n) is 6.11. The van der Waals surface area contributed by atoms with Crippen molar-refractivity contribution < 1.29 is 18.3 Å². The van der Waals surface area contributed by atoms with E-state index in [4.69, 9.17) is 5.11 Å². The number of aliphatic carboxylic acids is 1. The predicted octanol–water partition coefficient (Wildman–Crippen LogP) is 1.55. The van der Waals surface area contributed by atoms with E-state index >= 15 is 0 Å². The van der Waals surface area contributed by atoms with Crippen LogP contribution >= 0.6 is 0 Å². The zero-order valence-corrected chi connectivity index (χ0v) is 13.6. The average molecular weight is 326 g/mol. The Labute approximate surface area is 131 Å². The molecule has 0 atom stereocenters. The minimum absolute atomic E-state index is 0.233. The van der Waals surface area contributed by atoms with Gasteiger partial charge in [0.15, 0.2) is 0 Å². The molecule has 1 aliphatic heterocycles. The van der Waals surface area contributed by atoms with Gasteiger partial charge in [-0.1, -0.05) is 30.3 Å². The van der Waals surface area contributed by atoms with Gasteiger partial charge in [-0.2, -0.15) is 17.4 Å². The minimum Gasteiger partial charge on any atom is -0.481 e. The number of hydrogen-bond donors (Lipinski definition) is 2. The van der Waals surface area contributed by atoms with Gasteiger partial charge in [0.2, 0.25) is 0 Å². The minimum atomic E-state index is -3.65. The number of hydrogen-bond acceptors (Lipinski definition) is 3. The van der Waals surface area contributed by atoms with E-state index < -0.39 is 27.6 Å². The van der Waals surface area contributed by atoms with E-state index in [1.54, 1.807) is 0 Å². The Balaban J connectivity index is 2.07. The molecule has 0 unspecified atom stereocenters. The van der Waals surface area contributed by atoms with Crippen molar-refractivity contribution in [3.63, 3.8) is 0 Å². The first-order chi connectivity index (χ1) is 10.2. The number of carbonyl (C=O) groups is 1. The summed E-state index contributed by atoms with van der Waals surface area (Å²) in [6, 6.07) is 9.36. The lowest BCUT2D eigenvalue weighted by Gasteiger charge is -2.34. The summed E-state index contributed by atoms with van der Waals surface area (Å²) < 4.78 is 29.1. The van der Waals surface area contributed by atoms with Crippen molar-refractivity contribution in [1.29, 1.82) is 0 Å². The van der Waals surface area contributed by atoms with Crippen molar-refractivity contribution in [3.05, 3.63) is 35.9 Å². The molecule has 1 heterocycles. The smallest absolute Gasteiger partial charge is 0.306 e. The molecule has 1 aromatic rings. The number of piperidine rings is 1. The predicted molar refractivity (Wildman–Crippen MR) is 83.5 cm³/mol. The Bertz CT molecular complexity index is 620. The molecule has 0 saturated carbocycles. The van der Waals surface area contributed by atoms with Gasteiger partial charge in [-0.3, -0.25) is 4.79 Å². The van der Waals surface area contributed by atoms with E-state index in [0.29, 0.717) is 12.8 Å². The van der Waals surface area contributed by atoms with Gasteiger partial charge in [0.1, 0.15) is 0 Å². The third-order valence-electron chi connectivity index (χ3n) is 4.02. The molecule has 1 fully saturated rings. The van der Waals surface area contributed by atoms with Crippen molar-refractivity contribution in [2.24, 2.45) is 5.92 Å². The number of rotatable bonds is 5. The van der Waals surface area contributed by atoms with Crippen LogP contribution in [0.3, 0.4) is 0 Å². The fourth-order valence-electron chi connectivity index (χ4n) is 2.64. The quantitative estimate of drug-likeness (QED) is 0.859. The van der Waals surface area contributed by atoms with Crippen LogP contribution in [0.25, 0.3) is 0 Å². The maximum atomic E-state index is 12.5. The Kier molecular flexibility index (Phi) is 4.89. The molecule has 22 heavy (non-hydrogen) atoms. The summed E-state index contributed by atoms with van der Waals surface area (Å²) in [5, 5.41) is 8.98. The lowest BCUT2D eigenvalue weighted by atomic mass is 9.96. The molecule has 1 saturated heterocycles. The number of carboxylic acids is 1. The zero-order chi connectivity index (χ0) is 16.4. The standard InChI is InChI=1S/C15H22N2O4S/c1-15(2,13-6-4-3-5-7-13)16-22(20,21)17-10-8-12(9-11-17)14(18)19/h3-7,12,16H,8-11H2,1-2H3,(H,18,19). The molecule has 0 aliphatic carbocycles. The zero-order valence-electron chi connectivity index (χ0n) is 12.8. The van der Waals surface area contributed by atoms with Gasteiger partial charge in [-0.25, -0.2) is 0 Å². The normalized spacial score (nSPS) is 18.3. The Hall–Kier alpha value is -1.44. The van der Waals surface area contributed by atoms with Crippen molar-refractivity contribution in [3.8, 4) is 0 Å². The number of nitrogens with zero attached hydrogens (tertiary/aromatic N) is 1. The first-order valence-corrected chi connectivity index (χ1v) is 8.74. The Morgan fingerprint density at radius 2 is 1.77 bits per heavy atom. The second kappa shape index (κ2) is 6.36. The van der Waals surface area contributed by atoms with Crippen LogP contribution in [0, 0.1) is 5.92 Å². The first-order valence-electron chi connectivity index (χ1n) is 7.30. The number of nitrogens with one attached hydrogen (secondary N) is 1. The van der Waals surface area contributed by atoms with E-state index in [1.807, 2.05) is 44.2 Å². The molecule has 0 spiro atoms. The fourth-order valence-corrected chi connectivity index (χ4v) is 4.23.